The minimum absolute atomic E-state index is 0.205. The second-order valence-corrected chi connectivity index (χ2v) is 4.07. The van der Waals surface area contributed by atoms with Gasteiger partial charge in [0, 0.05) is 6.42 Å². The van der Waals surface area contributed by atoms with Crippen molar-refractivity contribution in [2.75, 3.05) is 5.73 Å². The van der Waals surface area contributed by atoms with Crippen LogP contribution in [0.25, 0.3) is 15.8 Å². The third kappa shape index (κ3) is 1.25. The highest BCUT2D eigenvalue weighted by Crippen LogP contribution is 2.22. The number of nitrogens with one attached hydrogen (secondary N) is 1. The Labute approximate surface area is 93.5 Å². The standard InChI is InChI=1S/C7H8N8S/c1-2-3-10-13-7-15(3)14-5(16-7)4-9-6(8)12-11-4/h2H2,1H3,(H3,8,9,11,12). The molecule has 82 valence electrons. The van der Waals surface area contributed by atoms with Crippen LogP contribution in [-0.2, 0) is 6.42 Å². The highest BCUT2D eigenvalue weighted by atomic mass is 32.1. The third-order valence-electron chi connectivity index (χ3n) is 2.08. The lowest BCUT2D eigenvalue weighted by Gasteiger charge is -1.87. The van der Waals surface area contributed by atoms with Gasteiger partial charge in [0.2, 0.25) is 10.9 Å². The van der Waals surface area contributed by atoms with E-state index >= 15 is 0 Å². The van der Waals surface area contributed by atoms with Crippen LogP contribution >= 0.6 is 11.3 Å². The molecule has 0 saturated heterocycles. The SMILES string of the molecule is CCc1nnc2sc(-c3nc(N)n[nH]3)nn12. The first kappa shape index (κ1) is 9.21. The molecule has 0 aliphatic carbocycles. The van der Waals surface area contributed by atoms with E-state index in [1.165, 1.54) is 11.3 Å². The van der Waals surface area contributed by atoms with E-state index in [0.717, 1.165) is 17.2 Å². The van der Waals surface area contributed by atoms with Crippen LogP contribution in [0, 0.1) is 0 Å². The lowest BCUT2D eigenvalue weighted by Crippen LogP contribution is -1.93. The monoisotopic (exact) mass is 236 g/mol. The first-order valence-corrected chi connectivity index (χ1v) is 5.49. The number of aromatic amines is 1. The molecule has 3 N–H and O–H groups in total. The fraction of sp³-hybridized carbons (Fsp3) is 0.286. The summed E-state index contributed by atoms with van der Waals surface area (Å²) in [6, 6.07) is 0. The smallest absolute Gasteiger partial charge is 0.239 e. The summed E-state index contributed by atoms with van der Waals surface area (Å²) < 4.78 is 1.71. The minimum Gasteiger partial charge on any atom is -0.366 e. The van der Waals surface area contributed by atoms with Gasteiger partial charge in [0.1, 0.15) is 0 Å². The molecule has 9 heteroatoms. The minimum atomic E-state index is 0.205. The van der Waals surface area contributed by atoms with Gasteiger partial charge in [-0.2, -0.15) is 9.50 Å². The van der Waals surface area contributed by atoms with Crippen LogP contribution in [0.15, 0.2) is 0 Å². The van der Waals surface area contributed by atoms with Gasteiger partial charge in [-0.1, -0.05) is 18.3 Å². The van der Waals surface area contributed by atoms with Crippen molar-refractivity contribution in [2.45, 2.75) is 13.3 Å². The number of nitrogens with zero attached hydrogens (tertiary/aromatic N) is 6. The number of hydrogen-bond acceptors (Lipinski definition) is 7. The van der Waals surface area contributed by atoms with E-state index in [1.807, 2.05) is 6.92 Å². The topological polar surface area (TPSA) is 111 Å². The number of hydrogen-bond donors (Lipinski definition) is 2. The van der Waals surface area contributed by atoms with Crippen molar-refractivity contribution in [3.05, 3.63) is 5.82 Å². The summed E-state index contributed by atoms with van der Waals surface area (Å²) in [5.74, 6) is 1.58. The number of fused-ring (bicyclic) bond motifs is 1. The second-order valence-electron chi connectivity index (χ2n) is 3.11. The lowest BCUT2D eigenvalue weighted by atomic mass is 10.5. The Balaban J connectivity index is 2.15. The predicted octanol–water partition coefficient (Wildman–Crippen LogP) is 0.115. The van der Waals surface area contributed by atoms with Crippen LogP contribution < -0.4 is 5.73 Å². The molecule has 0 radical (unpaired) electrons. The van der Waals surface area contributed by atoms with Crippen LogP contribution in [-0.4, -0.2) is 35.0 Å². The Kier molecular flexibility index (Phi) is 1.86. The molecule has 0 saturated carbocycles. The Hall–Kier alpha value is -2.03. The zero-order chi connectivity index (χ0) is 11.1. The molecule has 0 spiro atoms. The summed E-state index contributed by atoms with van der Waals surface area (Å²) in [5, 5.41) is 19.5. The van der Waals surface area contributed by atoms with E-state index in [0.29, 0.717) is 10.8 Å². The molecule has 0 atom stereocenters. The summed E-state index contributed by atoms with van der Waals surface area (Å²) in [5.41, 5.74) is 5.43. The maximum absolute atomic E-state index is 5.43. The maximum atomic E-state index is 5.43. The average Bonchev–Trinajstić information content (AvgIpc) is 2.90. The molecule has 8 nitrogen and oxygen atoms in total. The molecule has 0 aliphatic heterocycles. The zero-order valence-corrected chi connectivity index (χ0v) is 9.19. The van der Waals surface area contributed by atoms with Gasteiger partial charge < -0.3 is 5.73 Å². The molecule has 0 aromatic carbocycles. The van der Waals surface area contributed by atoms with Crippen molar-refractivity contribution < 1.29 is 0 Å². The summed E-state index contributed by atoms with van der Waals surface area (Å²) in [4.78, 5) is 4.75. The van der Waals surface area contributed by atoms with Crippen molar-refractivity contribution in [3.8, 4) is 10.8 Å². The zero-order valence-electron chi connectivity index (χ0n) is 8.38. The third-order valence-corrected chi connectivity index (χ3v) is 2.98. The van der Waals surface area contributed by atoms with Gasteiger partial charge in [-0.25, -0.2) is 0 Å². The van der Waals surface area contributed by atoms with Gasteiger partial charge in [0.15, 0.2) is 16.7 Å². The molecule has 3 heterocycles. The van der Waals surface area contributed by atoms with Crippen molar-refractivity contribution in [2.24, 2.45) is 0 Å². The molecule has 0 bridgehead atoms. The van der Waals surface area contributed by atoms with Crippen molar-refractivity contribution in [1.29, 1.82) is 0 Å². The van der Waals surface area contributed by atoms with E-state index in [4.69, 9.17) is 5.73 Å². The van der Waals surface area contributed by atoms with Crippen LogP contribution in [0.1, 0.15) is 12.7 Å². The molecule has 0 unspecified atom stereocenters. The normalized spacial score (nSPS) is 11.3. The van der Waals surface area contributed by atoms with E-state index in [1.54, 1.807) is 4.52 Å². The van der Waals surface area contributed by atoms with Gasteiger partial charge in [-0.15, -0.1) is 20.4 Å². The first-order valence-electron chi connectivity index (χ1n) is 4.67. The highest BCUT2D eigenvalue weighted by Gasteiger charge is 2.14. The number of anilines is 1. The fourth-order valence-corrected chi connectivity index (χ4v) is 2.14. The van der Waals surface area contributed by atoms with Crippen LogP contribution in [0.5, 0.6) is 0 Å². The Morgan fingerprint density at radius 2 is 2.31 bits per heavy atom. The predicted molar refractivity (Wildman–Crippen MR) is 57.8 cm³/mol. The number of H-pyrrole nitrogens is 1. The van der Waals surface area contributed by atoms with E-state index in [9.17, 15) is 0 Å². The quantitative estimate of drug-likeness (QED) is 0.653. The van der Waals surface area contributed by atoms with Crippen molar-refractivity contribution in [1.82, 2.24) is 35.0 Å². The van der Waals surface area contributed by atoms with Gasteiger partial charge in [-0.3, -0.25) is 5.10 Å². The van der Waals surface area contributed by atoms with E-state index in [-0.39, 0.29) is 5.95 Å². The molecule has 3 rings (SSSR count). The van der Waals surface area contributed by atoms with Gasteiger partial charge in [0.25, 0.3) is 0 Å². The number of aromatic nitrogens is 7. The van der Waals surface area contributed by atoms with Gasteiger partial charge in [0.05, 0.1) is 0 Å². The maximum Gasteiger partial charge on any atom is 0.239 e. The second kappa shape index (κ2) is 3.23. The molecular formula is C7H8N8S. The van der Waals surface area contributed by atoms with Gasteiger partial charge in [-0.05, 0) is 0 Å². The molecule has 0 fully saturated rings. The Morgan fingerprint density at radius 1 is 1.44 bits per heavy atom. The average molecular weight is 236 g/mol. The number of nitrogen functional groups attached to an aromatic ring is 1. The highest BCUT2D eigenvalue weighted by molar-refractivity contribution is 7.19. The number of aryl methyl sites for hydroxylation is 1. The summed E-state index contributed by atoms with van der Waals surface area (Å²) >= 11 is 1.39. The van der Waals surface area contributed by atoms with Crippen LogP contribution in [0.4, 0.5) is 5.95 Å². The Bertz CT molecular complexity index is 634. The van der Waals surface area contributed by atoms with Crippen molar-refractivity contribution in [3.63, 3.8) is 0 Å². The summed E-state index contributed by atoms with van der Waals surface area (Å²) in [6.07, 6.45) is 0.781. The molecule has 0 amide bonds. The molecule has 0 aliphatic rings. The lowest BCUT2D eigenvalue weighted by molar-refractivity contribution is 0.835. The number of rotatable bonds is 2. The molecule has 3 aromatic heterocycles. The van der Waals surface area contributed by atoms with Crippen LogP contribution in [0.2, 0.25) is 0 Å². The van der Waals surface area contributed by atoms with Crippen molar-refractivity contribution >= 4 is 22.2 Å². The molecule has 3 aromatic rings. The molecule has 16 heavy (non-hydrogen) atoms. The largest absolute Gasteiger partial charge is 0.366 e. The fourth-order valence-electron chi connectivity index (χ4n) is 1.34. The van der Waals surface area contributed by atoms with E-state index in [2.05, 4.69) is 30.5 Å². The summed E-state index contributed by atoms with van der Waals surface area (Å²) in [6.45, 7) is 2.00. The van der Waals surface area contributed by atoms with Crippen LogP contribution in [0.3, 0.4) is 0 Å². The van der Waals surface area contributed by atoms with E-state index < -0.39 is 0 Å². The summed E-state index contributed by atoms with van der Waals surface area (Å²) in [7, 11) is 0. The number of nitrogens with two attached hydrogens (primary N) is 1. The van der Waals surface area contributed by atoms with Gasteiger partial charge >= 0.3 is 0 Å². The molecular weight excluding hydrogens is 228 g/mol. The first-order chi connectivity index (χ1) is 7.78. The Morgan fingerprint density at radius 3 is 3.00 bits per heavy atom.